The summed E-state index contributed by atoms with van der Waals surface area (Å²) in [7, 11) is 0. The van der Waals surface area contributed by atoms with Gasteiger partial charge in [-0.3, -0.25) is 0 Å². The van der Waals surface area contributed by atoms with E-state index in [1.54, 1.807) is 17.8 Å². The van der Waals surface area contributed by atoms with Gasteiger partial charge in [-0.05, 0) is 6.42 Å². The van der Waals surface area contributed by atoms with E-state index in [9.17, 15) is 0 Å². The maximum absolute atomic E-state index is 8.70. The zero-order chi connectivity index (χ0) is 9.68. The number of anilines is 1. The Hall–Kier alpha value is -0.810. The summed E-state index contributed by atoms with van der Waals surface area (Å²) in [6.07, 6.45) is 2.21. The minimum absolute atomic E-state index is 0.203. The Labute approximate surface area is 81.6 Å². The summed E-state index contributed by atoms with van der Waals surface area (Å²) in [5, 5.41) is 9.90. The number of hydrogen-bond acceptors (Lipinski definition) is 5. The smallest absolute Gasteiger partial charge is 0.127 e. The van der Waals surface area contributed by atoms with Crippen molar-refractivity contribution in [2.24, 2.45) is 0 Å². The van der Waals surface area contributed by atoms with Crippen molar-refractivity contribution in [3.8, 4) is 0 Å². The molecule has 1 unspecified atom stereocenters. The highest BCUT2D eigenvalue weighted by molar-refractivity contribution is 7.99. The maximum Gasteiger partial charge on any atom is 0.127 e. The van der Waals surface area contributed by atoms with Crippen LogP contribution in [0.2, 0.25) is 0 Å². The van der Waals surface area contributed by atoms with Gasteiger partial charge in [-0.1, -0.05) is 6.92 Å². The Morgan fingerprint density at radius 1 is 1.62 bits per heavy atom. The van der Waals surface area contributed by atoms with Gasteiger partial charge in [0.15, 0.2) is 0 Å². The van der Waals surface area contributed by atoms with Crippen molar-refractivity contribution in [2.45, 2.75) is 23.6 Å². The highest BCUT2D eigenvalue weighted by atomic mass is 32.2. The Balaban J connectivity index is 2.53. The van der Waals surface area contributed by atoms with Crippen molar-refractivity contribution >= 4 is 17.6 Å². The average Bonchev–Trinajstić information content (AvgIpc) is 2.04. The fourth-order valence-electron chi connectivity index (χ4n) is 0.865. The van der Waals surface area contributed by atoms with E-state index in [0.717, 1.165) is 11.4 Å². The summed E-state index contributed by atoms with van der Waals surface area (Å²) >= 11 is 1.59. The molecule has 5 heteroatoms. The van der Waals surface area contributed by atoms with Gasteiger partial charge in [0.25, 0.3) is 0 Å². The predicted molar refractivity (Wildman–Crippen MR) is 53.5 cm³/mol. The first kappa shape index (κ1) is 10.3. The quantitative estimate of drug-likeness (QED) is 0.557. The van der Waals surface area contributed by atoms with Crippen LogP contribution in [0.25, 0.3) is 0 Å². The Morgan fingerprint density at radius 3 is 3.00 bits per heavy atom. The lowest BCUT2D eigenvalue weighted by Gasteiger charge is -2.07. The number of aliphatic hydroxyl groups excluding tert-OH is 1. The molecule has 72 valence electrons. The van der Waals surface area contributed by atoms with Gasteiger partial charge in [0.2, 0.25) is 0 Å². The number of aromatic nitrogens is 2. The number of aliphatic hydroxyl groups is 1. The molecule has 0 aliphatic carbocycles. The number of nitrogen functional groups attached to an aromatic ring is 1. The predicted octanol–water partition coefficient (Wildman–Crippen LogP) is 0.922. The van der Waals surface area contributed by atoms with Gasteiger partial charge in [-0.15, -0.1) is 11.8 Å². The Bertz CT molecular complexity index is 269. The highest BCUT2D eigenvalue weighted by Crippen LogP contribution is 2.23. The van der Waals surface area contributed by atoms with Crippen molar-refractivity contribution in [1.29, 1.82) is 0 Å². The van der Waals surface area contributed by atoms with E-state index < -0.39 is 0 Å². The van der Waals surface area contributed by atoms with Crippen LogP contribution in [0.4, 0.5) is 5.82 Å². The molecule has 1 aromatic rings. The van der Waals surface area contributed by atoms with Crippen LogP contribution >= 0.6 is 11.8 Å². The topological polar surface area (TPSA) is 72.0 Å². The number of nitrogens with two attached hydrogens (primary N) is 1. The van der Waals surface area contributed by atoms with Crippen molar-refractivity contribution in [3.63, 3.8) is 0 Å². The molecule has 13 heavy (non-hydrogen) atoms. The summed E-state index contributed by atoms with van der Waals surface area (Å²) < 4.78 is 0. The van der Waals surface area contributed by atoms with Crippen molar-refractivity contribution in [1.82, 2.24) is 9.97 Å². The highest BCUT2D eigenvalue weighted by Gasteiger charge is 2.04. The molecule has 0 aliphatic rings. The van der Waals surface area contributed by atoms with Gasteiger partial charge in [0.05, 0.1) is 0 Å². The maximum atomic E-state index is 8.70. The van der Waals surface area contributed by atoms with Gasteiger partial charge in [-0.2, -0.15) is 0 Å². The SMILES string of the molecule is CC(CCO)Sc1cc(N)ncn1. The van der Waals surface area contributed by atoms with Crippen molar-refractivity contribution in [2.75, 3.05) is 12.3 Å². The molecule has 0 saturated carbocycles. The summed E-state index contributed by atoms with van der Waals surface area (Å²) in [6.45, 7) is 2.24. The minimum Gasteiger partial charge on any atom is -0.396 e. The van der Waals surface area contributed by atoms with Gasteiger partial charge >= 0.3 is 0 Å². The van der Waals surface area contributed by atoms with Crippen molar-refractivity contribution < 1.29 is 5.11 Å². The van der Waals surface area contributed by atoms with Crippen LogP contribution in [0.1, 0.15) is 13.3 Å². The summed E-state index contributed by atoms with van der Waals surface area (Å²) in [6, 6.07) is 1.73. The first-order valence-electron chi connectivity index (χ1n) is 4.07. The number of hydrogen-bond donors (Lipinski definition) is 2. The fraction of sp³-hybridized carbons (Fsp3) is 0.500. The lowest BCUT2D eigenvalue weighted by molar-refractivity contribution is 0.289. The van der Waals surface area contributed by atoms with Gasteiger partial charge in [0.1, 0.15) is 17.2 Å². The number of rotatable bonds is 4. The lowest BCUT2D eigenvalue weighted by atomic mass is 10.3. The second-order valence-electron chi connectivity index (χ2n) is 2.72. The average molecular weight is 199 g/mol. The summed E-state index contributed by atoms with van der Waals surface area (Å²) in [5.41, 5.74) is 5.49. The van der Waals surface area contributed by atoms with Crippen LogP contribution in [0.15, 0.2) is 17.4 Å². The molecule has 0 fully saturated rings. The Morgan fingerprint density at radius 2 is 2.38 bits per heavy atom. The summed E-state index contributed by atoms with van der Waals surface area (Å²) in [4.78, 5) is 7.85. The van der Waals surface area contributed by atoms with Crippen molar-refractivity contribution in [3.05, 3.63) is 12.4 Å². The molecule has 1 heterocycles. The lowest BCUT2D eigenvalue weighted by Crippen LogP contribution is -2.00. The zero-order valence-electron chi connectivity index (χ0n) is 7.47. The molecule has 1 aromatic heterocycles. The van der Waals surface area contributed by atoms with E-state index in [-0.39, 0.29) is 6.61 Å². The first-order chi connectivity index (χ1) is 6.22. The second-order valence-corrected chi connectivity index (χ2v) is 4.18. The zero-order valence-corrected chi connectivity index (χ0v) is 8.29. The largest absolute Gasteiger partial charge is 0.396 e. The van der Waals surface area contributed by atoms with E-state index >= 15 is 0 Å². The van der Waals surface area contributed by atoms with E-state index in [1.807, 2.05) is 6.92 Å². The normalized spacial score (nSPS) is 12.8. The van der Waals surface area contributed by atoms with E-state index in [1.165, 1.54) is 6.33 Å². The van der Waals surface area contributed by atoms with E-state index in [2.05, 4.69) is 9.97 Å². The third-order valence-electron chi connectivity index (χ3n) is 1.52. The van der Waals surface area contributed by atoms with Crippen LogP contribution in [0, 0.1) is 0 Å². The minimum atomic E-state index is 0.203. The van der Waals surface area contributed by atoms with Gasteiger partial charge in [0, 0.05) is 17.9 Å². The third kappa shape index (κ3) is 3.61. The van der Waals surface area contributed by atoms with Gasteiger partial charge < -0.3 is 10.8 Å². The first-order valence-corrected chi connectivity index (χ1v) is 4.95. The molecular weight excluding hydrogens is 186 g/mol. The van der Waals surface area contributed by atoms with Crippen LogP contribution in [0.3, 0.4) is 0 Å². The second kappa shape index (κ2) is 5.04. The fourth-order valence-corrected chi connectivity index (χ4v) is 1.80. The Kier molecular flexibility index (Phi) is 3.98. The number of nitrogens with zero attached hydrogens (tertiary/aromatic N) is 2. The molecule has 1 rings (SSSR count). The molecule has 0 radical (unpaired) electrons. The standard InChI is InChI=1S/C8H13N3OS/c1-6(2-3-12)13-8-4-7(9)10-5-11-8/h4-6,12H,2-3H2,1H3,(H2,9,10,11). The molecular formula is C8H13N3OS. The van der Waals surface area contributed by atoms with E-state index in [0.29, 0.717) is 11.1 Å². The van der Waals surface area contributed by atoms with E-state index in [4.69, 9.17) is 10.8 Å². The molecule has 0 amide bonds. The molecule has 4 nitrogen and oxygen atoms in total. The molecule has 3 N–H and O–H groups in total. The van der Waals surface area contributed by atoms with Gasteiger partial charge in [-0.25, -0.2) is 9.97 Å². The molecule has 0 bridgehead atoms. The molecule has 0 aromatic carbocycles. The van der Waals surface area contributed by atoms with Crippen LogP contribution < -0.4 is 5.73 Å². The molecule has 1 atom stereocenters. The van der Waals surface area contributed by atoms with Crippen LogP contribution in [-0.4, -0.2) is 26.9 Å². The van der Waals surface area contributed by atoms with Crippen LogP contribution in [0.5, 0.6) is 0 Å². The molecule has 0 spiro atoms. The summed E-state index contributed by atoms with van der Waals surface area (Å²) in [5.74, 6) is 0.480. The third-order valence-corrected chi connectivity index (χ3v) is 2.62. The van der Waals surface area contributed by atoms with Crippen LogP contribution in [-0.2, 0) is 0 Å². The number of thioether (sulfide) groups is 1. The molecule has 0 saturated heterocycles. The monoisotopic (exact) mass is 199 g/mol. The molecule has 0 aliphatic heterocycles.